The molecule has 4 atom stereocenters. The quantitative estimate of drug-likeness (QED) is 0.540. The molecule has 1 unspecified atom stereocenters. The van der Waals surface area contributed by atoms with Crippen LogP contribution in [-0.4, -0.2) is 72.5 Å². The Kier molecular flexibility index (Phi) is 7.99. The van der Waals surface area contributed by atoms with Crippen LogP contribution in [0.4, 0.5) is 0 Å². The summed E-state index contributed by atoms with van der Waals surface area (Å²) < 4.78 is 5.90. The van der Waals surface area contributed by atoms with Crippen LogP contribution in [0.25, 0.3) is 0 Å². The first-order valence-corrected chi connectivity index (χ1v) is 12.8. The zero-order valence-electron chi connectivity index (χ0n) is 21.6. The molecule has 37 heavy (non-hydrogen) atoms. The van der Waals surface area contributed by atoms with E-state index < -0.39 is 29.3 Å². The molecule has 0 radical (unpaired) electrons. The monoisotopic (exact) mass is 507 g/mol. The van der Waals surface area contributed by atoms with Gasteiger partial charge >= 0.3 is 0 Å². The lowest BCUT2D eigenvalue weighted by molar-refractivity contribution is -0.157. The number of hydrogen-bond donors (Lipinski definition) is 2. The molecule has 198 valence electrons. The van der Waals surface area contributed by atoms with Gasteiger partial charge in [-0.15, -0.1) is 0 Å². The van der Waals surface area contributed by atoms with Gasteiger partial charge in [0.15, 0.2) is 0 Å². The molecule has 0 saturated carbocycles. The molecular formula is C29H37N3O5. The molecule has 0 aliphatic carbocycles. The number of nitrogens with zero attached hydrogens (tertiary/aromatic N) is 2. The molecule has 3 amide bonds. The average molecular weight is 508 g/mol. The normalized spacial score (nSPS) is 24.2. The zero-order chi connectivity index (χ0) is 26.6. The molecule has 8 nitrogen and oxygen atoms in total. The number of carbonyl (C=O) groups is 3. The maximum Gasteiger partial charge on any atom is 0.231 e. The fourth-order valence-electron chi connectivity index (χ4n) is 5.88. The molecule has 2 aliphatic heterocycles. The zero-order valence-corrected chi connectivity index (χ0v) is 21.6. The van der Waals surface area contributed by atoms with Crippen LogP contribution < -0.4 is 5.73 Å². The standard InChI is InChI=1S/C29H37N3O5/c1-28(20-33,26(30)35)24(18-37-17-21-10-5-3-6-11-21)25(34)32-15-9-14-29(19-32)23(16-31(2)27(29)36)22-12-7-4-8-13-22/h3-8,10-13,23-24,33H,9,14-20H2,1-2H3,(H2,30,35)/t23-,24-,28?,29-/m1/s1. The van der Waals surface area contributed by atoms with Gasteiger partial charge in [0.1, 0.15) is 0 Å². The topological polar surface area (TPSA) is 113 Å². The fourth-order valence-corrected chi connectivity index (χ4v) is 5.88. The lowest BCUT2D eigenvalue weighted by atomic mass is 9.68. The number of hydrogen-bond acceptors (Lipinski definition) is 5. The third-order valence-corrected chi connectivity index (χ3v) is 8.29. The van der Waals surface area contributed by atoms with E-state index in [-0.39, 0.29) is 37.5 Å². The summed E-state index contributed by atoms with van der Waals surface area (Å²) in [5.74, 6) is -2.08. The molecule has 2 fully saturated rings. The number of primary amides is 1. The number of aliphatic hydroxyl groups excluding tert-OH is 1. The van der Waals surface area contributed by atoms with Crippen molar-refractivity contribution < 1.29 is 24.2 Å². The van der Waals surface area contributed by atoms with E-state index >= 15 is 0 Å². The summed E-state index contributed by atoms with van der Waals surface area (Å²) in [5.41, 5.74) is 5.47. The predicted octanol–water partition coefficient (Wildman–Crippen LogP) is 2.17. The van der Waals surface area contributed by atoms with Gasteiger partial charge in [0, 0.05) is 32.6 Å². The minimum absolute atomic E-state index is 0.0375. The van der Waals surface area contributed by atoms with Gasteiger partial charge in [0.2, 0.25) is 17.7 Å². The van der Waals surface area contributed by atoms with E-state index in [4.69, 9.17) is 10.5 Å². The van der Waals surface area contributed by atoms with Gasteiger partial charge in [0.25, 0.3) is 0 Å². The van der Waals surface area contributed by atoms with Gasteiger partial charge in [-0.1, -0.05) is 60.7 Å². The minimum Gasteiger partial charge on any atom is -0.395 e. The predicted molar refractivity (Wildman–Crippen MR) is 139 cm³/mol. The number of amides is 3. The SMILES string of the molecule is CN1C[C@H](c2ccccc2)[C@]2(CCCN(C(=O)[C@@H](COCc3ccccc3)C(C)(CO)C(N)=O)C2)C1=O. The number of rotatable bonds is 9. The number of likely N-dealkylation sites (tertiary alicyclic amines) is 2. The number of aliphatic hydroxyl groups is 1. The molecule has 2 aromatic carbocycles. The van der Waals surface area contributed by atoms with E-state index in [0.717, 1.165) is 11.1 Å². The van der Waals surface area contributed by atoms with Crippen LogP contribution in [0.3, 0.4) is 0 Å². The van der Waals surface area contributed by atoms with Crippen molar-refractivity contribution in [1.82, 2.24) is 9.80 Å². The van der Waals surface area contributed by atoms with Gasteiger partial charge in [-0.25, -0.2) is 0 Å². The first-order chi connectivity index (χ1) is 17.7. The summed E-state index contributed by atoms with van der Waals surface area (Å²) in [6.45, 7) is 2.41. The van der Waals surface area contributed by atoms with E-state index in [1.165, 1.54) is 6.92 Å². The van der Waals surface area contributed by atoms with E-state index in [2.05, 4.69) is 0 Å². The van der Waals surface area contributed by atoms with Gasteiger partial charge in [0.05, 0.1) is 36.6 Å². The van der Waals surface area contributed by atoms with Crippen molar-refractivity contribution in [3.8, 4) is 0 Å². The molecule has 3 N–H and O–H groups in total. The number of ether oxygens (including phenoxy) is 1. The highest BCUT2D eigenvalue weighted by Gasteiger charge is 2.56. The van der Waals surface area contributed by atoms with Crippen LogP contribution >= 0.6 is 0 Å². The molecule has 4 rings (SSSR count). The molecule has 2 heterocycles. The molecule has 2 saturated heterocycles. The third kappa shape index (κ3) is 5.13. The van der Waals surface area contributed by atoms with Crippen LogP contribution in [-0.2, 0) is 25.7 Å². The Morgan fingerprint density at radius 2 is 1.81 bits per heavy atom. The Balaban J connectivity index is 1.60. The number of likely N-dealkylation sites (N-methyl/N-ethyl adjacent to an activating group) is 1. The summed E-state index contributed by atoms with van der Waals surface area (Å²) in [5, 5.41) is 10.2. The molecule has 2 aliphatic rings. The van der Waals surface area contributed by atoms with Crippen molar-refractivity contribution in [2.75, 3.05) is 39.9 Å². The molecular weight excluding hydrogens is 470 g/mol. The lowest BCUT2D eigenvalue weighted by Gasteiger charge is -2.44. The van der Waals surface area contributed by atoms with Crippen molar-refractivity contribution in [2.24, 2.45) is 22.5 Å². The number of nitrogens with two attached hydrogens (primary N) is 1. The lowest BCUT2D eigenvalue weighted by Crippen LogP contribution is -2.57. The fraction of sp³-hybridized carbons (Fsp3) is 0.483. The van der Waals surface area contributed by atoms with E-state index in [1.807, 2.05) is 67.7 Å². The Morgan fingerprint density at radius 1 is 1.16 bits per heavy atom. The molecule has 0 bridgehead atoms. The molecule has 0 aromatic heterocycles. The number of benzene rings is 2. The largest absolute Gasteiger partial charge is 0.395 e. The summed E-state index contributed by atoms with van der Waals surface area (Å²) in [4.78, 5) is 43.5. The summed E-state index contributed by atoms with van der Waals surface area (Å²) >= 11 is 0. The average Bonchev–Trinajstić information content (AvgIpc) is 3.16. The van der Waals surface area contributed by atoms with Crippen LogP contribution in [0.5, 0.6) is 0 Å². The van der Waals surface area contributed by atoms with Crippen molar-refractivity contribution in [3.63, 3.8) is 0 Å². The maximum absolute atomic E-state index is 14.0. The second kappa shape index (κ2) is 11.0. The van der Waals surface area contributed by atoms with Crippen LogP contribution in [0.15, 0.2) is 60.7 Å². The smallest absolute Gasteiger partial charge is 0.231 e. The first kappa shape index (κ1) is 26.8. The maximum atomic E-state index is 14.0. The number of carbonyl (C=O) groups excluding carboxylic acids is 3. The van der Waals surface area contributed by atoms with Crippen LogP contribution in [0, 0.1) is 16.7 Å². The third-order valence-electron chi connectivity index (χ3n) is 8.29. The summed E-state index contributed by atoms with van der Waals surface area (Å²) in [6, 6.07) is 19.5. The highest BCUT2D eigenvalue weighted by molar-refractivity contribution is 5.91. The molecule has 1 spiro atoms. The Labute approximate surface area is 218 Å². The molecule has 2 aromatic rings. The van der Waals surface area contributed by atoms with Crippen molar-refractivity contribution in [1.29, 1.82) is 0 Å². The van der Waals surface area contributed by atoms with Gasteiger partial charge < -0.3 is 25.4 Å². The van der Waals surface area contributed by atoms with Gasteiger partial charge in [-0.2, -0.15) is 0 Å². The first-order valence-electron chi connectivity index (χ1n) is 12.8. The Morgan fingerprint density at radius 3 is 2.43 bits per heavy atom. The highest BCUT2D eigenvalue weighted by atomic mass is 16.5. The van der Waals surface area contributed by atoms with E-state index in [1.54, 1.807) is 9.80 Å². The minimum atomic E-state index is -1.51. The van der Waals surface area contributed by atoms with Crippen molar-refractivity contribution >= 4 is 17.7 Å². The summed E-state index contributed by atoms with van der Waals surface area (Å²) in [7, 11) is 1.81. The van der Waals surface area contributed by atoms with Crippen molar-refractivity contribution in [3.05, 3.63) is 71.8 Å². The van der Waals surface area contributed by atoms with Gasteiger partial charge in [-0.3, -0.25) is 14.4 Å². The second-order valence-electron chi connectivity index (χ2n) is 10.7. The number of piperidine rings is 1. The second-order valence-corrected chi connectivity index (χ2v) is 10.7. The van der Waals surface area contributed by atoms with Gasteiger partial charge in [-0.05, 0) is 30.9 Å². The summed E-state index contributed by atoms with van der Waals surface area (Å²) in [6.07, 6.45) is 1.35. The van der Waals surface area contributed by atoms with Crippen molar-refractivity contribution in [2.45, 2.75) is 32.3 Å². The van der Waals surface area contributed by atoms with E-state index in [0.29, 0.717) is 25.9 Å². The molecule has 8 heteroatoms. The Bertz CT molecular complexity index is 1110. The van der Waals surface area contributed by atoms with Crippen LogP contribution in [0.1, 0.15) is 36.8 Å². The highest BCUT2D eigenvalue weighted by Crippen LogP contribution is 2.49. The Hall–Kier alpha value is -3.23. The van der Waals surface area contributed by atoms with E-state index in [9.17, 15) is 19.5 Å². The van der Waals surface area contributed by atoms with Crippen LogP contribution in [0.2, 0.25) is 0 Å².